The van der Waals surface area contributed by atoms with Crippen LogP contribution in [0.1, 0.15) is 27.2 Å². The van der Waals surface area contributed by atoms with Crippen LogP contribution in [0.4, 0.5) is 5.69 Å². The molecule has 1 amide bonds. The second kappa shape index (κ2) is 11.4. The van der Waals surface area contributed by atoms with Crippen LogP contribution in [0.5, 0.6) is 5.75 Å². The van der Waals surface area contributed by atoms with E-state index in [2.05, 4.69) is 10.0 Å². The van der Waals surface area contributed by atoms with Crippen LogP contribution in [0.15, 0.2) is 58.3 Å². The van der Waals surface area contributed by atoms with Gasteiger partial charge in [0.2, 0.25) is 26.0 Å². The Bertz CT molecular complexity index is 1110. The van der Waals surface area contributed by atoms with Crippen LogP contribution in [0.25, 0.3) is 0 Å². The van der Waals surface area contributed by atoms with Crippen molar-refractivity contribution >= 4 is 31.6 Å². The fourth-order valence-corrected chi connectivity index (χ4v) is 5.47. The topological polar surface area (TPSA) is 122 Å². The molecule has 0 heterocycles. The van der Waals surface area contributed by atoms with Crippen LogP contribution in [0, 0.1) is 0 Å². The summed E-state index contributed by atoms with van der Waals surface area (Å²) in [7, 11) is -7.42. The van der Waals surface area contributed by atoms with Gasteiger partial charge in [0.25, 0.3) is 0 Å². The predicted octanol–water partition coefficient (Wildman–Crippen LogP) is 2.42. The van der Waals surface area contributed by atoms with Crippen LogP contribution >= 0.6 is 0 Å². The molecule has 0 aliphatic carbocycles. The molecule has 2 aromatic rings. The van der Waals surface area contributed by atoms with E-state index in [1.807, 2.05) is 6.92 Å². The maximum absolute atomic E-state index is 12.6. The van der Waals surface area contributed by atoms with Gasteiger partial charge in [0, 0.05) is 31.7 Å². The zero-order valence-corrected chi connectivity index (χ0v) is 20.0. The lowest BCUT2D eigenvalue weighted by Crippen LogP contribution is -2.30. The summed E-state index contributed by atoms with van der Waals surface area (Å²) in [6.45, 7) is 6.37. The van der Waals surface area contributed by atoms with E-state index in [0.717, 1.165) is 0 Å². The number of hydrogen-bond acceptors (Lipinski definition) is 6. The highest BCUT2D eigenvalue weighted by atomic mass is 32.2. The minimum Gasteiger partial charge on any atom is -0.494 e. The average Bonchev–Trinajstić information content (AvgIpc) is 2.75. The summed E-state index contributed by atoms with van der Waals surface area (Å²) in [4.78, 5) is 12.4. The van der Waals surface area contributed by atoms with E-state index in [1.165, 1.54) is 28.6 Å². The molecule has 9 nitrogen and oxygen atoms in total. The van der Waals surface area contributed by atoms with Crippen molar-refractivity contribution in [2.24, 2.45) is 0 Å². The number of amides is 1. The van der Waals surface area contributed by atoms with E-state index in [0.29, 0.717) is 31.1 Å². The lowest BCUT2D eigenvalue weighted by molar-refractivity contribution is -0.116. The molecule has 0 spiro atoms. The number of carbonyl (C=O) groups is 1. The molecule has 0 fully saturated rings. The molecule has 0 aliphatic heterocycles. The van der Waals surface area contributed by atoms with Gasteiger partial charge in [-0.3, -0.25) is 4.79 Å². The molecule has 176 valence electrons. The van der Waals surface area contributed by atoms with E-state index >= 15 is 0 Å². The molecule has 0 aliphatic rings. The highest BCUT2D eigenvalue weighted by Crippen LogP contribution is 2.20. The Labute approximate surface area is 189 Å². The summed E-state index contributed by atoms with van der Waals surface area (Å²) >= 11 is 0. The summed E-state index contributed by atoms with van der Waals surface area (Å²) in [6.07, 6.45) is -0.122. The molecule has 0 saturated heterocycles. The maximum atomic E-state index is 12.6. The third-order valence-corrected chi connectivity index (χ3v) is 8.07. The van der Waals surface area contributed by atoms with Crippen LogP contribution < -0.4 is 14.8 Å². The van der Waals surface area contributed by atoms with Crippen molar-refractivity contribution in [3.63, 3.8) is 0 Å². The van der Waals surface area contributed by atoms with Crippen molar-refractivity contribution < 1.29 is 26.4 Å². The first kappa shape index (κ1) is 25.8. The first-order valence-corrected chi connectivity index (χ1v) is 13.2. The Balaban J connectivity index is 1.96. The van der Waals surface area contributed by atoms with Crippen LogP contribution in [0.2, 0.25) is 0 Å². The minimum atomic E-state index is -3.77. The number of benzene rings is 2. The normalized spacial score (nSPS) is 12.0. The summed E-state index contributed by atoms with van der Waals surface area (Å²) in [5, 5.41) is 2.60. The van der Waals surface area contributed by atoms with Gasteiger partial charge in [-0.25, -0.2) is 21.6 Å². The average molecular weight is 484 g/mol. The molecular formula is C21H29N3O6S2. The molecule has 0 saturated carbocycles. The Hall–Kier alpha value is -2.47. The first-order chi connectivity index (χ1) is 15.1. The highest BCUT2D eigenvalue weighted by molar-refractivity contribution is 7.89. The zero-order valence-electron chi connectivity index (χ0n) is 18.4. The number of ether oxygens (including phenoxy) is 1. The van der Waals surface area contributed by atoms with Gasteiger partial charge in [-0.1, -0.05) is 19.9 Å². The third kappa shape index (κ3) is 6.76. The molecule has 32 heavy (non-hydrogen) atoms. The van der Waals surface area contributed by atoms with Gasteiger partial charge < -0.3 is 10.1 Å². The van der Waals surface area contributed by atoms with E-state index < -0.39 is 26.0 Å². The van der Waals surface area contributed by atoms with Gasteiger partial charge in [0.15, 0.2) is 0 Å². The van der Waals surface area contributed by atoms with Crippen molar-refractivity contribution in [1.29, 1.82) is 0 Å². The van der Waals surface area contributed by atoms with Crippen molar-refractivity contribution in [3.05, 3.63) is 48.5 Å². The maximum Gasteiger partial charge on any atom is 0.243 e. The molecule has 2 aromatic carbocycles. The molecule has 2 N–H and O–H groups in total. The van der Waals surface area contributed by atoms with Gasteiger partial charge >= 0.3 is 0 Å². The third-order valence-electron chi connectivity index (χ3n) is 4.55. The lowest BCUT2D eigenvalue weighted by Gasteiger charge is -2.18. The number of rotatable bonds is 12. The Morgan fingerprint density at radius 1 is 0.938 bits per heavy atom. The van der Waals surface area contributed by atoms with E-state index in [1.54, 1.807) is 38.1 Å². The second-order valence-corrected chi connectivity index (χ2v) is 10.4. The lowest BCUT2D eigenvalue weighted by atomic mass is 10.3. The Morgan fingerprint density at radius 2 is 1.59 bits per heavy atom. The van der Waals surface area contributed by atoms with Gasteiger partial charge in [0.05, 0.1) is 16.4 Å². The quantitative estimate of drug-likeness (QED) is 0.478. The molecule has 11 heteroatoms. The molecule has 0 unspecified atom stereocenters. The number of hydrogen-bond donors (Lipinski definition) is 2. The molecule has 0 aromatic heterocycles. The van der Waals surface area contributed by atoms with Crippen LogP contribution in [0.3, 0.4) is 0 Å². The SMILES string of the molecule is CCOc1ccc(S(=O)(=O)NCCC(=O)Nc2cccc(S(=O)(=O)N(CC)CC)c2)cc1. The largest absolute Gasteiger partial charge is 0.494 e. The number of nitrogens with zero attached hydrogens (tertiary/aromatic N) is 1. The smallest absolute Gasteiger partial charge is 0.243 e. The number of nitrogens with one attached hydrogen (secondary N) is 2. The Kier molecular flexibility index (Phi) is 9.20. The summed E-state index contributed by atoms with van der Waals surface area (Å²) in [5.74, 6) is 0.118. The minimum absolute atomic E-state index is 0.0654. The van der Waals surface area contributed by atoms with Gasteiger partial charge in [0.1, 0.15) is 5.75 Å². The molecule has 0 radical (unpaired) electrons. The van der Waals surface area contributed by atoms with Gasteiger partial charge in [-0.15, -0.1) is 0 Å². The standard InChI is InChI=1S/C21H29N3O6S2/c1-4-24(5-2)32(28,29)20-9-7-8-17(16-20)23-21(25)14-15-22-31(26,27)19-12-10-18(11-13-19)30-6-3/h7-13,16,22H,4-6,14-15H2,1-3H3,(H,23,25). The van der Waals surface area contributed by atoms with Crippen molar-refractivity contribution in [1.82, 2.24) is 9.03 Å². The van der Waals surface area contributed by atoms with Crippen molar-refractivity contribution in [2.75, 3.05) is 31.6 Å². The summed E-state index contributed by atoms with van der Waals surface area (Å²) in [6, 6.07) is 11.9. The fourth-order valence-electron chi connectivity index (χ4n) is 2.93. The van der Waals surface area contributed by atoms with E-state index in [-0.39, 0.29) is 22.8 Å². The summed E-state index contributed by atoms with van der Waals surface area (Å²) < 4.78 is 59.0. The van der Waals surface area contributed by atoms with E-state index in [4.69, 9.17) is 4.74 Å². The highest BCUT2D eigenvalue weighted by Gasteiger charge is 2.22. The monoisotopic (exact) mass is 483 g/mol. The molecule has 0 bridgehead atoms. The van der Waals surface area contributed by atoms with Crippen molar-refractivity contribution in [2.45, 2.75) is 37.0 Å². The van der Waals surface area contributed by atoms with E-state index in [9.17, 15) is 21.6 Å². The predicted molar refractivity (Wildman–Crippen MR) is 123 cm³/mol. The molecule has 0 atom stereocenters. The van der Waals surface area contributed by atoms with Crippen LogP contribution in [-0.2, 0) is 24.8 Å². The summed E-state index contributed by atoms with van der Waals surface area (Å²) in [5.41, 5.74) is 0.317. The molecular weight excluding hydrogens is 454 g/mol. The fraction of sp³-hybridized carbons (Fsp3) is 0.381. The van der Waals surface area contributed by atoms with Crippen molar-refractivity contribution in [3.8, 4) is 5.75 Å². The second-order valence-electron chi connectivity index (χ2n) is 6.72. The number of carbonyl (C=O) groups excluding carboxylic acids is 1. The van der Waals surface area contributed by atoms with Crippen LogP contribution in [-0.4, -0.2) is 53.3 Å². The van der Waals surface area contributed by atoms with Gasteiger partial charge in [-0.2, -0.15) is 4.31 Å². The molecule has 2 rings (SSSR count). The first-order valence-electron chi connectivity index (χ1n) is 10.3. The number of anilines is 1. The van der Waals surface area contributed by atoms with Gasteiger partial charge in [-0.05, 0) is 49.4 Å². The Morgan fingerprint density at radius 3 is 2.19 bits per heavy atom. The zero-order chi connectivity index (χ0) is 23.8. The number of sulfonamides is 2.